The first-order valence-electron chi connectivity index (χ1n) is 8.37. The summed E-state index contributed by atoms with van der Waals surface area (Å²) in [5.41, 5.74) is -0.189. The third kappa shape index (κ3) is 3.40. The van der Waals surface area contributed by atoms with Crippen LogP contribution < -0.4 is 5.32 Å². The van der Waals surface area contributed by atoms with E-state index in [1.807, 2.05) is 23.1 Å². The fourth-order valence-corrected chi connectivity index (χ4v) is 3.49. The number of rotatable bonds is 2. The quantitative estimate of drug-likeness (QED) is 0.882. The van der Waals surface area contributed by atoms with Crippen LogP contribution in [-0.2, 0) is 5.60 Å². The maximum absolute atomic E-state index is 12.3. The zero-order valence-corrected chi connectivity index (χ0v) is 13.0. The third-order valence-corrected chi connectivity index (χ3v) is 4.95. The molecule has 22 heavy (non-hydrogen) atoms. The van der Waals surface area contributed by atoms with Gasteiger partial charge in [0.2, 0.25) is 0 Å². The number of nitrogens with one attached hydrogen (secondary N) is 1. The standard InChI is InChI=1S/C17H25N3O2/c21-16(19-14-6-2-1-3-7-14)20-12-9-17(22,10-13-20)15-8-4-5-11-18-15/h4-5,8,11,14,22H,1-3,6-7,9-10,12-13H2,(H,19,21). The lowest BCUT2D eigenvalue weighted by atomic mass is 9.88. The lowest BCUT2D eigenvalue weighted by Crippen LogP contribution is -2.51. The van der Waals surface area contributed by atoms with Crippen molar-refractivity contribution in [2.45, 2.75) is 56.6 Å². The minimum atomic E-state index is -0.900. The highest BCUT2D eigenvalue weighted by Crippen LogP contribution is 2.31. The van der Waals surface area contributed by atoms with Crippen LogP contribution in [0.5, 0.6) is 0 Å². The predicted octanol–water partition coefficient (Wildman–Crippen LogP) is 2.41. The van der Waals surface area contributed by atoms with Crippen molar-refractivity contribution >= 4 is 6.03 Å². The number of carbonyl (C=O) groups is 1. The average molecular weight is 303 g/mol. The van der Waals surface area contributed by atoms with Gasteiger partial charge in [-0.2, -0.15) is 0 Å². The van der Waals surface area contributed by atoms with Gasteiger partial charge >= 0.3 is 6.03 Å². The Kier molecular flexibility index (Phi) is 4.62. The number of amides is 2. The summed E-state index contributed by atoms with van der Waals surface area (Å²) < 4.78 is 0. The summed E-state index contributed by atoms with van der Waals surface area (Å²) >= 11 is 0. The van der Waals surface area contributed by atoms with Crippen LogP contribution in [-0.4, -0.2) is 40.2 Å². The molecule has 5 heteroatoms. The Balaban J connectivity index is 1.53. The molecule has 1 aliphatic carbocycles. The van der Waals surface area contributed by atoms with Crippen molar-refractivity contribution in [2.24, 2.45) is 0 Å². The fourth-order valence-electron chi connectivity index (χ4n) is 3.49. The minimum absolute atomic E-state index is 0.0231. The second kappa shape index (κ2) is 6.65. The monoisotopic (exact) mass is 303 g/mol. The second-order valence-corrected chi connectivity index (χ2v) is 6.52. The number of urea groups is 1. The first-order chi connectivity index (χ1) is 10.7. The Morgan fingerprint density at radius 2 is 1.95 bits per heavy atom. The molecule has 1 saturated carbocycles. The lowest BCUT2D eigenvalue weighted by molar-refractivity contribution is -0.0206. The van der Waals surface area contributed by atoms with Crippen molar-refractivity contribution in [1.29, 1.82) is 0 Å². The molecule has 0 atom stereocenters. The minimum Gasteiger partial charge on any atom is -0.383 e. The molecule has 1 aromatic rings. The Morgan fingerprint density at radius 3 is 2.59 bits per heavy atom. The van der Waals surface area contributed by atoms with Gasteiger partial charge < -0.3 is 15.3 Å². The summed E-state index contributed by atoms with van der Waals surface area (Å²) in [6.45, 7) is 1.15. The number of aliphatic hydroxyl groups is 1. The van der Waals surface area contributed by atoms with Crippen LogP contribution in [0.4, 0.5) is 4.79 Å². The smallest absolute Gasteiger partial charge is 0.317 e. The van der Waals surface area contributed by atoms with Crippen LogP contribution in [0.25, 0.3) is 0 Å². The maximum atomic E-state index is 12.3. The van der Waals surface area contributed by atoms with E-state index in [-0.39, 0.29) is 6.03 Å². The summed E-state index contributed by atoms with van der Waals surface area (Å²) in [5, 5.41) is 13.9. The molecule has 2 N–H and O–H groups in total. The van der Waals surface area contributed by atoms with Gasteiger partial charge in [0.25, 0.3) is 0 Å². The van der Waals surface area contributed by atoms with Gasteiger partial charge in [-0.05, 0) is 37.8 Å². The van der Waals surface area contributed by atoms with Crippen molar-refractivity contribution in [3.8, 4) is 0 Å². The highest BCUT2D eigenvalue weighted by atomic mass is 16.3. The van der Waals surface area contributed by atoms with Crippen LogP contribution in [0.15, 0.2) is 24.4 Å². The predicted molar refractivity (Wildman–Crippen MR) is 84.3 cm³/mol. The molecule has 3 rings (SSSR count). The fraction of sp³-hybridized carbons (Fsp3) is 0.647. The molecule has 0 unspecified atom stereocenters. The molecule has 0 spiro atoms. The summed E-state index contributed by atoms with van der Waals surface area (Å²) in [6.07, 6.45) is 8.69. The number of hydrogen-bond donors (Lipinski definition) is 2. The van der Waals surface area contributed by atoms with E-state index >= 15 is 0 Å². The van der Waals surface area contributed by atoms with Gasteiger partial charge in [0.15, 0.2) is 0 Å². The second-order valence-electron chi connectivity index (χ2n) is 6.52. The Hall–Kier alpha value is -1.62. The van der Waals surface area contributed by atoms with Gasteiger partial charge in [0, 0.05) is 25.3 Å². The molecule has 1 aliphatic heterocycles. The number of carbonyl (C=O) groups excluding carboxylic acids is 1. The number of aromatic nitrogens is 1. The van der Waals surface area contributed by atoms with E-state index in [2.05, 4.69) is 10.3 Å². The van der Waals surface area contributed by atoms with Gasteiger partial charge in [-0.3, -0.25) is 4.98 Å². The first kappa shape index (κ1) is 15.3. The summed E-state index contributed by atoms with van der Waals surface area (Å²) in [4.78, 5) is 18.4. The van der Waals surface area contributed by atoms with Gasteiger partial charge in [0.05, 0.1) is 5.69 Å². The molecule has 5 nitrogen and oxygen atoms in total. The van der Waals surface area contributed by atoms with Gasteiger partial charge in [-0.1, -0.05) is 25.3 Å². The van der Waals surface area contributed by atoms with E-state index in [9.17, 15) is 9.90 Å². The molecule has 1 aromatic heterocycles. The van der Waals surface area contributed by atoms with Crippen LogP contribution in [0, 0.1) is 0 Å². The number of hydrogen-bond acceptors (Lipinski definition) is 3. The van der Waals surface area contributed by atoms with Gasteiger partial charge in [0.1, 0.15) is 5.60 Å². The van der Waals surface area contributed by atoms with E-state index in [4.69, 9.17) is 0 Å². The van der Waals surface area contributed by atoms with Crippen molar-refractivity contribution in [3.63, 3.8) is 0 Å². The van der Waals surface area contributed by atoms with E-state index in [0.717, 1.165) is 12.8 Å². The number of nitrogens with zero attached hydrogens (tertiary/aromatic N) is 2. The third-order valence-electron chi connectivity index (χ3n) is 4.95. The van der Waals surface area contributed by atoms with Crippen LogP contribution in [0.1, 0.15) is 50.6 Å². The molecular formula is C17H25N3O2. The maximum Gasteiger partial charge on any atom is 0.317 e. The van der Waals surface area contributed by atoms with E-state index in [1.54, 1.807) is 6.20 Å². The SMILES string of the molecule is O=C(NC1CCCCC1)N1CCC(O)(c2ccccn2)CC1. The van der Waals surface area contributed by atoms with Crippen molar-refractivity contribution in [2.75, 3.05) is 13.1 Å². The van der Waals surface area contributed by atoms with Crippen LogP contribution in [0.3, 0.4) is 0 Å². The number of pyridine rings is 1. The topological polar surface area (TPSA) is 65.5 Å². The Labute approximate surface area is 131 Å². The Bertz CT molecular complexity index is 492. The Morgan fingerprint density at radius 1 is 1.23 bits per heavy atom. The molecule has 1 saturated heterocycles. The molecule has 2 aliphatic rings. The lowest BCUT2D eigenvalue weighted by Gasteiger charge is -2.38. The molecule has 2 fully saturated rings. The van der Waals surface area contributed by atoms with Crippen molar-refractivity contribution in [3.05, 3.63) is 30.1 Å². The number of piperidine rings is 1. The highest BCUT2D eigenvalue weighted by Gasteiger charge is 2.36. The largest absolute Gasteiger partial charge is 0.383 e. The molecule has 2 heterocycles. The van der Waals surface area contributed by atoms with Gasteiger partial charge in [-0.15, -0.1) is 0 Å². The molecular weight excluding hydrogens is 278 g/mol. The van der Waals surface area contributed by atoms with E-state index in [1.165, 1.54) is 19.3 Å². The summed E-state index contributed by atoms with van der Waals surface area (Å²) in [7, 11) is 0. The molecule has 0 aromatic carbocycles. The van der Waals surface area contributed by atoms with Gasteiger partial charge in [-0.25, -0.2) is 4.79 Å². The van der Waals surface area contributed by atoms with Crippen molar-refractivity contribution in [1.82, 2.24) is 15.2 Å². The van der Waals surface area contributed by atoms with Crippen LogP contribution >= 0.6 is 0 Å². The molecule has 0 radical (unpaired) electrons. The van der Waals surface area contributed by atoms with E-state index < -0.39 is 5.60 Å². The molecule has 2 amide bonds. The summed E-state index contributed by atoms with van der Waals surface area (Å²) in [5.74, 6) is 0. The zero-order valence-electron chi connectivity index (χ0n) is 13.0. The van der Waals surface area contributed by atoms with Crippen LogP contribution in [0.2, 0.25) is 0 Å². The first-order valence-corrected chi connectivity index (χ1v) is 8.37. The summed E-state index contributed by atoms with van der Waals surface area (Å²) in [6, 6.07) is 5.95. The highest BCUT2D eigenvalue weighted by molar-refractivity contribution is 5.74. The van der Waals surface area contributed by atoms with Crippen molar-refractivity contribution < 1.29 is 9.90 Å². The normalized spacial score (nSPS) is 22.3. The molecule has 120 valence electrons. The zero-order chi connectivity index (χ0) is 15.4. The van der Waals surface area contributed by atoms with E-state index in [0.29, 0.717) is 37.7 Å². The molecule has 0 bridgehead atoms. The average Bonchev–Trinajstić information content (AvgIpc) is 2.57. The number of likely N-dealkylation sites (tertiary alicyclic amines) is 1.